The summed E-state index contributed by atoms with van der Waals surface area (Å²) in [5.74, 6) is -0.427. The molecule has 0 N–H and O–H groups in total. The van der Waals surface area contributed by atoms with E-state index in [0.29, 0.717) is 6.61 Å². The van der Waals surface area contributed by atoms with Crippen LogP contribution in [0.4, 0.5) is 0 Å². The lowest BCUT2D eigenvalue weighted by Crippen LogP contribution is -3.00. The van der Waals surface area contributed by atoms with E-state index in [1.165, 1.54) is 0 Å². The number of ether oxygens (including phenoxy) is 1. The third-order valence-corrected chi connectivity index (χ3v) is 1.46. The van der Waals surface area contributed by atoms with E-state index >= 15 is 0 Å². The number of halogens is 1. The van der Waals surface area contributed by atoms with Crippen molar-refractivity contribution < 1.29 is 38.0 Å². The lowest BCUT2D eigenvalue weighted by molar-refractivity contribution is -0.870. The first-order valence-corrected chi connectivity index (χ1v) is 4.29. The van der Waals surface area contributed by atoms with E-state index in [2.05, 4.69) is 21.1 Å². The Morgan fingerprint density at radius 2 is 2.00 bits per heavy atom. The highest BCUT2D eigenvalue weighted by Crippen LogP contribution is 1.94. The summed E-state index contributed by atoms with van der Waals surface area (Å²) in [6.45, 7) is 1.37. The Kier molecular flexibility index (Phi) is 9.20. The molecule has 0 rings (SSSR count). The zero-order valence-electron chi connectivity index (χ0n) is 8.92. The summed E-state index contributed by atoms with van der Waals surface area (Å²) in [7, 11) is 6.24. The molecular formula is C9H17IN2O2. The second-order valence-electron chi connectivity index (χ2n) is 3.92. The van der Waals surface area contributed by atoms with E-state index < -0.39 is 5.97 Å². The molecule has 82 valence electrons. The number of esters is 1. The van der Waals surface area contributed by atoms with E-state index in [-0.39, 0.29) is 30.4 Å². The molecule has 0 amide bonds. The zero-order valence-corrected chi connectivity index (χ0v) is 11.1. The van der Waals surface area contributed by atoms with Gasteiger partial charge in [-0.15, -0.1) is 0 Å². The molecule has 0 saturated carbocycles. The highest BCUT2D eigenvalue weighted by Gasteiger charge is 2.07. The summed E-state index contributed by atoms with van der Waals surface area (Å²) in [6.07, 6.45) is 0.686. The molecule has 5 heteroatoms. The molecule has 0 aromatic heterocycles. The van der Waals surface area contributed by atoms with Crippen LogP contribution in [0, 0.1) is 11.3 Å². The first-order valence-electron chi connectivity index (χ1n) is 4.29. The van der Waals surface area contributed by atoms with Gasteiger partial charge in [0.2, 0.25) is 0 Å². The minimum atomic E-state index is -0.427. The average molecular weight is 312 g/mol. The van der Waals surface area contributed by atoms with Crippen LogP contribution < -0.4 is 24.0 Å². The Morgan fingerprint density at radius 3 is 2.43 bits per heavy atom. The summed E-state index contributed by atoms with van der Waals surface area (Å²) in [6, 6.07) is 1.75. The smallest absolute Gasteiger partial charge is 0.320 e. The van der Waals surface area contributed by atoms with Crippen molar-refractivity contribution in [3.8, 4) is 6.07 Å². The van der Waals surface area contributed by atoms with Gasteiger partial charge in [-0.25, -0.2) is 0 Å². The third-order valence-electron chi connectivity index (χ3n) is 1.46. The van der Waals surface area contributed by atoms with Gasteiger partial charge in [0, 0.05) is 6.42 Å². The molecule has 0 aliphatic carbocycles. The number of carbonyl (C=O) groups excluding carboxylic acids is 1. The van der Waals surface area contributed by atoms with Crippen molar-refractivity contribution in [3.05, 3.63) is 0 Å². The zero-order chi connectivity index (χ0) is 10.3. The number of nitriles is 1. The summed E-state index contributed by atoms with van der Waals surface area (Å²) < 4.78 is 5.66. The standard InChI is InChI=1S/C9H17N2O2.HI/c1-11(2,3)7-4-8-13-9(12)5-6-10;/h4-5,7-8H2,1-3H3;1H/q+1;/p-1. The Morgan fingerprint density at radius 1 is 1.43 bits per heavy atom. The topological polar surface area (TPSA) is 50.1 Å². The predicted molar refractivity (Wildman–Crippen MR) is 48.7 cm³/mol. The van der Waals surface area contributed by atoms with Gasteiger partial charge < -0.3 is 33.2 Å². The van der Waals surface area contributed by atoms with Gasteiger partial charge in [-0.2, -0.15) is 5.26 Å². The minimum Gasteiger partial charge on any atom is -1.00 e. The summed E-state index contributed by atoms with van der Waals surface area (Å²) >= 11 is 0. The van der Waals surface area contributed by atoms with Crippen LogP contribution in [0.25, 0.3) is 0 Å². The molecule has 0 atom stereocenters. The van der Waals surface area contributed by atoms with Gasteiger partial charge >= 0.3 is 5.97 Å². The van der Waals surface area contributed by atoms with E-state index in [1.807, 2.05) is 0 Å². The first-order chi connectivity index (χ1) is 5.95. The van der Waals surface area contributed by atoms with Gasteiger partial charge in [-0.3, -0.25) is 4.79 Å². The van der Waals surface area contributed by atoms with Crippen molar-refractivity contribution in [1.82, 2.24) is 0 Å². The number of carbonyl (C=O) groups is 1. The van der Waals surface area contributed by atoms with Gasteiger partial charge in [0.25, 0.3) is 0 Å². The Labute approximate surface area is 102 Å². The number of rotatable bonds is 5. The van der Waals surface area contributed by atoms with Crippen LogP contribution in [0.2, 0.25) is 0 Å². The van der Waals surface area contributed by atoms with E-state index in [0.717, 1.165) is 17.4 Å². The third kappa shape index (κ3) is 11.6. The van der Waals surface area contributed by atoms with Gasteiger partial charge in [0.05, 0.1) is 40.4 Å². The highest BCUT2D eigenvalue weighted by molar-refractivity contribution is 5.71. The van der Waals surface area contributed by atoms with E-state index in [1.54, 1.807) is 6.07 Å². The fraction of sp³-hybridized carbons (Fsp3) is 0.778. The number of nitrogens with zero attached hydrogens (tertiary/aromatic N) is 2. The number of hydrogen-bond donors (Lipinski definition) is 0. The molecule has 0 unspecified atom stereocenters. The maximum Gasteiger partial charge on any atom is 0.320 e. The quantitative estimate of drug-likeness (QED) is 0.245. The second-order valence-corrected chi connectivity index (χ2v) is 3.92. The van der Waals surface area contributed by atoms with E-state index in [9.17, 15) is 4.79 Å². The normalized spacial score (nSPS) is 9.86. The van der Waals surface area contributed by atoms with Crippen LogP contribution >= 0.6 is 0 Å². The minimum absolute atomic E-state index is 0. The van der Waals surface area contributed by atoms with Gasteiger partial charge in [0.1, 0.15) is 6.42 Å². The van der Waals surface area contributed by atoms with E-state index in [4.69, 9.17) is 10.00 Å². The van der Waals surface area contributed by atoms with Crippen molar-refractivity contribution in [2.45, 2.75) is 12.8 Å². The first kappa shape index (κ1) is 16.1. The van der Waals surface area contributed by atoms with Crippen molar-refractivity contribution in [2.75, 3.05) is 34.3 Å². The van der Waals surface area contributed by atoms with Crippen molar-refractivity contribution in [2.24, 2.45) is 0 Å². The molecule has 0 heterocycles. The maximum absolute atomic E-state index is 10.7. The number of hydrogen-bond acceptors (Lipinski definition) is 3. The Hall–Kier alpha value is -0.350. The lowest BCUT2D eigenvalue weighted by Gasteiger charge is -2.23. The van der Waals surface area contributed by atoms with Crippen LogP contribution in [-0.4, -0.2) is 44.7 Å². The summed E-state index contributed by atoms with van der Waals surface area (Å²) in [4.78, 5) is 10.7. The Balaban J connectivity index is 0. The molecule has 0 bridgehead atoms. The van der Waals surface area contributed by atoms with Crippen molar-refractivity contribution >= 4 is 5.97 Å². The predicted octanol–water partition coefficient (Wildman–Crippen LogP) is -2.46. The molecule has 0 aromatic carbocycles. The fourth-order valence-electron chi connectivity index (χ4n) is 0.840. The molecule has 0 spiro atoms. The summed E-state index contributed by atoms with van der Waals surface area (Å²) in [5.41, 5.74) is 0. The molecule has 0 aromatic rings. The molecule has 14 heavy (non-hydrogen) atoms. The van der Waals surface area contributed by atoms with Crippen LogP contribution in [0.1, 0.15) is 12.8 Å². The molecule has 0 aliphatic heterocycles. The van der Waals surface area contributed by atoms with Gasteiger partial charge in [0.15, 0.2) is 0 Å². The highest BCUT2D eigenvalue weighted by atomic mass is 127. The molecule has 0 fully saturated rings. The van der Waals surface area contributed by atoms with Crippen molar-refractivity contribution in [1.29, 1.82) is 5.26 Å². The summed E-state index contributed by atoms with van der Waals surface area (Å²) in [5, 5.41) is 8.17. The molecule has 4 nitrogen and oxygen atoms in total. The largest absolute Gasteiger partial charge is 1.00 e. The van der Waals surface area contributed by atoms with Crippen molar-refractivity contribution in [3.63, 3.8) is 0 Å². The number of quaternary nitrogens is 1. The van der Waals surface area contributed by atoms with Crippen LogP contribution in [0.15, 0.2) is 0 Å². The molecule has 0 aliphatic rings. The monoisotopic (exact) mass is 312 g/mol. The SMILES string of the molecule is C[N+](C)(C)CCCOC(=O)CC#N.[I-]. The van der Waals surface area contributed by atoms with Gasteiger partial charge in [-0.05, 0) is 0 Å². The van der Waals surface area contributed by atoms with Gasteiger partial charge in [-0.1, -0.05) is 0 Å². The Bertz CT molecular complexity index is 206. The molecule has 0 saturated heterocycles. The fourth-order valence-corrected chi connectivity index (χ4v) is 0.840. The average Bonchev–Trinajstić information content (AvgIpc) is 1.97. The molecule has 0 radical (unpaired) electrons. The molecular weight excluding hydrogens is 295 g/mol. The van der Waals surface area contributed by atoms with Crippen LogP contribution in [-0.2, 0) is 9.53 Å². The second kappa shape index (κ2) is 8.00. The maximum atomic E-state index is 10.7. The van der Waals surface area contributed by atoms with Crippen LogP contribution in [0.5, 0.6) is 0 Å². The lowest BCUT2D eigenvalue weighted by atomic mass is 10.4. The van der Waals surface area contributed by atoms with Crippen LogP contribution in [0.3, 0.4) is 0 Å².